The van der Waals surface area contributed by atoms with Crippen LogP contribution in [0.5, 0.6) is 5.75 Å². The predicted octanol–water partition coefficient (Wildman–Crippen LogP) is 5.00. The fourth-order valence-electron chi connectivity index (χ4n) is 2.31. The quantitative estimate of drug-likeness (QED) is 0.551. The molecule has 0 heterocycles. The fourth-order valence-corrected chi connectivity index (χ4v) is 2.31. The van der Waals surface area contributed by atoms with Crippen LogP contribution in [0.1, 0.15) is 30.0 Å². The van der Waals surface area contributed by atoms with Gasteiger partial charge in [-0.1, -0.05) is 68.0 Å². The lowest BCUT2D eigenvalue weighted by atomic mass is 10.1. The number of benzene rings is 2. The SMILES string of the molecule is CCCc1cccc(C=Cc2ccccc2OCCOC)c1.N. The summed E-state index contributed by atoms with van der Waals surface area (Å²) < 4.78 is 10.8. The molecule has 2 aromatic rings. The van der Waals surface area contributed by atoms with E-state index in [4.69, 9.17) is 9.47 Å². The van der Waals surface area contributed by atoms with E-state index >= 15 is 0 Å². The predicted molar refractivity (Wildman–Crippen MR) is 98.2 cm³/mol. The van der Waals surface area contributed by atoms with Crippen LogP contribution in [0, 0.1) is 0 Å². The lowest BCUT2D eigenvalue weighted by molar-refractivity contribution is 0.146. The average molecular weight is 313 g/mol. The van der Waals surface area contributed by atoms with E-state index in [1.165, 1.54) is 17.5 Å². The summed E-state index contributed by atoms with van der Waals surface area (Å²) in [4.78, 5) is 0. The zero-order chi connectivity index (χ0) is 15.6. The second kappa shape index (κ2) is 10.6. The van der Waals surface area contributed by atoms with Gasteiger partial charge in [-0.2, -0.15) is 0 Å². The van der Waals surface area contributed by atoms with Crippen LogP contribution < -0.4 is 10.9 Å². The van der Waals surface area contributed by atoms with Crippen molar-refractivity contribution >= 4 is 12.2 Å². The van der Waals surface area contributed by atoms with E-state index in [-0.39, 0.29) is 6.15 Å². The maximum absolute atomic E-state index is 5.75. The molecule has 0 aliphatic rings. The number of rotatable bonds is 8. The largest absolute Gasteiger partial charge is 0.491 e. The maximum Gasteiger partial charge on any atom is 0.126 e. The zero-order valence-electron chi connectivity index (χ0n) is 14.1. The van der Waals surface area contributed by atoms with Crippen LogP contribution in [0.3, 0.4) is 0 Å². The van der Waals surface area contributed by atoms with Crippen molar-refractivity contribution in [2.24, 2.45) is 0 Å². The first kappa shape index (κ1) is 18.9. The zero-order valence-corrected chi connectivity index (χ0v) is 14.1. The van der Waals surface area contributed by atoms with E-state index < -0.39 is 0 Å². The van der Waals surface area contributed by atoms with Crippen LogP contribution in [0.4, 0.5) is 0 Å². The number of aryl methyl sites for hydroxylation is 1. The van der Waals surface area contributed by atoms with E-state index in [0.29, 0.717) is 13.2 Å². The van der Waals surface area contributed by atoms with E-state index in [2.05, 4.69) is 49.4 Å². The number of hydrogen-bond donors (Lipinski definition) is 1. The number of ether oxygens (including phenoxy) is 2. The minimum absolute atomic E-state index is 0. The lowest BCUT2D eigenvalue weighted by Gasteiger charge is -2.08. The minimum atomic E-state index is 0. The third kappa shape index (κ3) is 6.27. The number of para-hydroxylation sites is 1. The summed E-state index contributed by atoms with van der Waals surface area (Å²) in [5.41, 5.74) is 3.69. The monoisotopic (exact) mass is 313 g/mol. The Bertz CT molecular complexity index is 608. The first-order valence-corrected chi connectivity index (χ1v) is 7.81. The molecule has 23 heavy (non-hydrogen) atoms. The molecule has 0 atom stereocenters. The van der Waals surface area contributed by atoms with Gasteiger partial charge in [0, 0.05) is 12.7 Å². The highest BCUT2D eigenvalue weighted by Crippen LogP contribution is 2.21. The van der Waals surface area contributed by atoms with Crippen LogP contribution in [0.25, 0.3) is 12.2 Å². The molecule has 3 nitrogen and oxygen atoms in total. The van der Waals surface area contributed by atoms with Crippen molar-refractivity contribution in [2.45, 2.75) is 19.8 Å². The van der Waals surface area contributed by atoms with Crippen LogP contribution >= 0.6 is 0 Å². The lowest BCUT2D eigenvalue weighted by Crippen LogP contribution is -2.04. The van der Waals surface area contributed by atoms with Gasteiger partial charge in [0.25, 0.3) is 0 Å². The molecule has 0 aliphatic carbocycles. The molecular weight excluding hydrogens is 286 g/mol. The summed E-state index contributed by atoms with van der Waals surface area (Å²) >= 11 is 0. The van der Waals surface area contributed by atoms with E-state index in [1.807, 2.05) is 18.2 Å². The van der Waals surface area contributed by atoms with Gasteiger partial charge in [0.1, 0.15) is 12.4 Å². The fraction of sp³-hybridized carbons (Fsp3) is 0.300. The Morgan fingerprint density at radius 3 is 2.57 bits per heavy atom. The van der Waals surface area contributed by atoms with Crippen molar-refractivity contribution in [1.82, 2.24) is 6.15 Å². The number of methoxy groups -OCH3 is 1. The number of hydrogen-bond acceptors (Lipinski definition) is 3. The van der Waals surface area contributed by atoms with Gasteiger partial charge in [0.15, 0.2) is 0 Å². The Kier molecular flexibility index (Phi) is 8.73. The van der Waals surface area contributed by atoms with Crippen molar-refractivity contribution in [3.8, 4) is 5.75 Å². The molecule has 0 saturated heterocycles. The third-order valence-corrected chi connectivity index (χ3v) is 3.41. The van der Waals surface area contributed by atoms with Gasteiger partial charge in [0.2, 0.25) is 0 Å². The molecule has 124 valence electrons. The third-order valence-electron chi connectivity index (χ3n) is 3.41. The molecule has 3 heteroatoms. The van der Waals surface area contributed by atoms with Crippen molar-refractivity contribution in [3.05, 3.63) is 65.2 Å². The van der Waals surface area contributed by atoms with Crippen molar-refractivity contribution in [3.63, 3.8) is 0 Å². The molecule has 0 saturated carbocycles. The van der Waals surface area contributed by atoms with Gasteiger partial charge in [-0.3, -0.25) is 0 Å². The molecule has 0 bridgehead atoms. The van der Waals surface area contributed by atoms with E-state index in [0.717, 1.165) is 17.7 Å². The molecule has 0 radical (unpaired) electrons. The Morgan fingerprint density at radius 1 is 0.957 bits per heavy atom. The minimum Gasteiger partial charge on any atom is -0.491 e. The van der Waals surface area contributed by atoms with Gasteiger partial charge in [-0.05, 0) is 23.6 Å². The summed E-state index contributed by atoms with van der Waals surface area (Å²) in [5, 5.41) is 0. The smallest absolute Gasteiger partial charge is 0.126 e. The summed E-state index contributed by atoms with van der Waals surface area (Å²) in [6, 6.07) is 16.7. The molecule has 0 amide bonds. The Labute approximate surface area is 139 Å². The van der Waals surface area contributed by atoms with Crippen LogP contribution in [-0.2, 0) is 11.2 Å². The topological polar surface area (TPSA) is 53.5 Å². The highest BCUT2D eigenvalue weighted by Gasteiger charge is 1.99. The van der Waals surface area contributed by atoms with Gasteiger partial charge in [-0.25, -0.2) is 0 Å². The second-order valence-corrected chi connectivity index (χ2v) is 5.21. The van der Waals surface area contributed by atoms with Crippen LogP contribution in [-0.4, -0.2) is 20.3 Å². The first-order valence-electron chi connectivity index (χ1n) is 7.81. The Hall–Kier alpha value is -2.10. The highest BCUT2D eigenvalue weighted by molar-refractivity contribution is 5.72. The molecule has 3 N–H and O–H groups in total. The van der Waals surface area contributed by atoms with E-state index in [1.54, 1.807) is 7.11 Å². The summed E-state index contributed by atoms with van der Waals surface area (Å²) in [6.45, 7) is 3.36. The highest BCUT2D eigenvalue weighted by atomic mass is 16.5. The molecule has 0 unspecified atom stereocenters. The molecule has 0 aliphatic heterocycles. The van der Waals surface area contributed by atoms with E-state index in [9.17, 15) is 0 Å². The Morgan fingerprint density at radius 2 is 1.78 bits per heavy atom. The van der Waals surface area contributed by atoms with Gasteiger partial charge in [-0.15, -0.1) is 0 Å². The molecule has 0 fully saturated rings. The van der Waals surface area contributed by atoms with Crippen LogP contribution in [0.2, 0.25) is 0 Å². The molecule has 2 rings (SSSR count). The maximum atomic E-state index is 5.75. The van der Waals surface area contributed by atoms with Crippen molar-refractivity contribution in [1.29, 1.82) is 0 Å². The van der Waals surface area contributed by atoms with Gasteiger partial charge < -0.3 is 15.6 Å². The van der Waals surface area contributed by atoms with Crippen molar-refractivity contribution < 1.29 is 9.47 Å². The van der Waals surface area contributed by atoms with Crippen LogP contribution in [0.15, 0.2) is 48.5 Å². The molecule has 0 aromatic heterocycles. The summed E-state index contributed by atoms with van der Waals surface area (Å²) in [7, 11) is 1.68. The van der Waals surface area contributed by atoms with Gasteiger partial charge >= 0.3 is 0 Å². The molecular formula is C20H27NO2. The Balaban J connectivity index is 0.00000264. The van der Waals surface area contributed by atoms with Crippen molar-refractivity contribution in [2.75, 3.05) is 20.3 Å². The molecule has 0 spiro atoms. The first-order chi connectivity index (χ1) is 10.8. The average Bonchev–Trinajstić information content (AvgIpc) is 2.55. The summed E-state index contributed by atoms with van der Waals surface area (Å²) in [6.07, 6.45) is 6.53. The normalized spacial score (nSPS) is 10.5. The second-order valence-electron chi connectivity index (χ2n) is 5.21. The standard InChI is InChI=1S/C20H24O2.H3N/c1-3-7-17-8-6-9-18(16-17)12-13-19-10-4-5-11-20(19)22-15-14-21-2;/h4-6,8-13,16H,3,7,14-15H2,1-2H3;1H3. The van der Waals surface area contributed by atoms with Gasteiger partial charge in [0.05, 0.1) is 6.61 Å². The molecule has 2 aromatic carbocycles. The summed E-state index contributed by atoms with van der Waals surface area (Å²) in [5.74, 6) is 0.889.